The second kappa shape index (κ2) is 4.60. The number of hydrogen-bond donors (Lipinski definition) is 1. The van der Waals surface area contributed by atoms with Gasteiger partial charge in [-0.1, -0.05) is 15.9 Å². The zero-order chi connectivity index (χ0) is 14.4. The fourth-order valence-corrected chi connectivity index (χ4v) is 2.81. The molecule has 0 fully saturated rings. The number of fused-ring (bicyclic) bond motifs is 3. The Morgan fingerprint density at radius 3 is 3.05 bits per heavy atom. The number of H-pyrrole nitrogens is 1. The number of halogens is 1. The number of hydrogen-bond acceptors (Lipinski definition) is 3. The third-order valence-electron chi connectivity index (χ3n) is 3.44. The summed E-state index contributed by atoms with van der Waals surface area (Å²) in [7, 11) is 0. The van der Waals surface area contributed by atoms with Crippen molar-refractivity contribution in [2.45, 2.75) is 6.54 Å². The highest BCUT2D eigenvalue weighted by Gasteiger charge is 2.11. The summed E-state index contributed by atoms with van der Waals surface area (Å²) in [6, 6.07) is 9.44. The van der Waals surface area contributed by atoms with Crippen molar-refractivity contribution in [1.29, 1.82) is 0 Å². The van der Waals surface area contributed by atoms with Crippen molar-refractivity contribution in [3.8, 4) is 0 Å². The molecular weight excluding hydrogens is 334 g/mol. The molecule has 3 heterocycles. The van der Waals surface area contributed by atoms with Gasteiger partial charge in [-0.15, -0.1) is 0 Å². The molecular formula is C15H10BrN3O2. The van der Waals surface area contributed by atoms with Crippen LogP contribution in [0.2, 0.25) is 0 Å². The number of rotatable bonds is 2. The molecule has 0 atom stereocenters. The van der Waals surface area contributed by atoms with Crippen molar-refractivity contribution in [2.75, 3.05) is 0 Å². The van der Waals surface area contributed by atoms with Crippen molar-refractivity contribution in [3.63, 3.8) is 0 Å². The predicted molar refractivity (Wildman–Crippen MR) is 83.4 cm³/mol. The molecule has 3 aromatic heterocycles. The van der Waals surface area contributed by atoms with E-state index in [1.807, 2.05) is 24.3 Å². The number of aromatic nitrogens is 3. The number of furan rings is 1. The summed E-state index contributed by atoms with van der Waals surface area (Å²) in [5, 5.41) is 0.932. The van der Waals surface area contributed by atoms with Gasteiger partial charge in [-0.2, -0.15) is 0 Å². The lowest BCUT2D eigenvalue weighted by Gasteiger charge is -2.02. The average molecular weight is 344 g/mol. The molecule has 5 nitrogen and oxygen atoms in total. The van der Waals surface area contributed by atoms with Crippen LogP contribution in [-0.4, -0.2) is 14.5 Å². The molecule has 0 spiro atoms. The maximum Gasteiger partial charge on any atom is 0.278 e. The standard InChI is InChI=1S/C15H10BrN3O2/c16-9-3-4-12-11(6-9)13-14(18-12)15(20)19(8-17-13)7-10-2-1-5-21-10/h1-6,8,18H,7H2. The predicted octanol–water partition coefficient (Wildman–Crippen LogP) is 3.28. The van der Waals surface area contributed by atoms with Crippen molar-refractivity contribution in [1.82, 2.24) is 14.5 Å². The van der Waals surface area contributed by atoms with E-state index in [1.54, 1.807) is 18.7 Å². The van der Waals surface area contributed by atoms with Crippen LogP contribution in [0.15, 0.2) is 56.6 Å². The molecule has 0 aliphatic rings. The minimum Gasteiger partial charge on any atom is -0.467 e. The van der Waals surface area contributed by atoms with Crippen LogP contribution in [0.4, 0.5) is 0 Å². The topological polar surface area (TPSA) is 63.8 Å². The number of aromatic amines is 1. The molecule has 1 N–H and O–H groups in total. The first-order valence-electron chi connectivity index (χ1n) is 6.41. The van der Waals surface area contributed by atoms with E-state index in [0.717, 1.165) is 21.1 Å². The quantitative estimate of drug-likeness (QED) is 0.607. The van der Waals surface area contributed by atoms with Crippen LogP contribution >= 0.6 is 15.9 Å². The normalized spacial score (nSPS) is 11.5. The summed E-state index contributed by atoms with van der Waals surface area (Å²) >= 11 is 3.44. The van der Waals surface area contributed by atoms with Gasteiger partial charge >= 0.3 is 0 Å². The van der Waals surface area contributed by atoms with Gasteiger partial charge in [0.15, 0.2) is 0 Å². The molecule has 0 bridgehead atoms. The number of nitrogens with zero attached hydrogens (tertiary/aromatic N) is 2. The smallest absolute Gasteiger partial charge is 0.278 e. The molecule has 0 aliphatic carbocycles. The van der Waals surface area contributed by atoms with Gasteiger partial charge < -0.3 is 9.40 Å². The minimum absolute atomic E-state index is 0.108. The fourth-order valence-electron chi connectivity index (χ4n) is 2.45. The Kier molecular flexibility index (Phi) is 2.71. The molecule has 21 heavy (non-hydrogen) atoms. The maximum atomic E-state index is 12.5. The summed E-state index contributed by atoms with van der Waals surface area (Å²) in [5.74, 6) is 0.720. The number of nitrogens with one attached hydrogen (secondary N) is 1. The van der Waals surface area contributed by atoms with Crippen molar-refractivity contribution in [2.24, 2.45) is 0 Å². The van der Waals surface area contributed by atoms with E-state index < -0.39 is 0 Å². The minimum atomic E-state index is -0.108. The maximum absolute atomic E-state index is 12.5. The van der Waals surface area contributed by atoms with E-state index in [9.17, 15) is 4.79 Å². The van der Waals surface area contributed by atoms with Crippen LogP contribution < -0.4 is 5.56 Å². The Bertz CT molecular complexity index is 999. The molecule has 0 aliphatic heterocycles. The molecule has 104 valence electrons. The van der Waals surface area contributed by atoms with Gasteiger partial charge in [0.05, 0.1) is 19.1 Å². The van der Waals surface area contributed by atoms with E-state index in [-0.39, 0.29) is 5.56 Å². The SMILES string of the molecule is O=c1c2[nH]c3ccc(Br)cc3c2ncn1Cc1ccco1. The van der Waals surface area contributed by atoms with Gasteiger partial charge in [0, 0.05) is 15.4 Å². The summed E-state index contributed by atoms with van der Waals surface area (Å²) in [6.07, 6.45) is 3.15. The highest BCUT2D eigenvalue weighted by Crippen LogP contribution is 2.24. The zero-order valence-corrected chi connectivity index (χ0v) is 12.4. The molecule has 0 radical (unpaired) electrons. The van der Waals surface area contributed by atoms with Crippen molar-refractivity contribution < 1.29 is 4.42 Å². The molecule has 0 unspecified atom stereocenters. The molecule has 4 aromatic rings. The fraction of sp³-hybridized carbons (Fsp3) is 0.0667. The lowest BCUT2D eigenvalue weighted by molar-refractivity contribution is 0.489. The monoisotopic (exact) mass is 343 g/mol. The zero-order valence-electron chi connectivity index (χ0n) is 10.8. The molecule has 0 saturated heterocycles. The Hall–Kier alpha value is -2.34. The first-order valence-corrected chi connectivity index (χ1v) is 7.20. The molecule has 0 amide bonds. The van der Waals surface area contributed by atoms with E-state index in [0.29, 0.717) is 17.6 Å². The van der Waals surface area contributed by atoms with E-state index >= 15 is 0 Å². The summed E-state index contributed by atoms with van der Waals surface area (Å²) in [4.78, 5) is 20.1. The lowest BCUT2D eigenvalue weighted by Crippen LogP contribution is -2.20. The molecule has 4 rings (SSSR count). The van der Waals surface area contributed by atoms with Crippen LogP contribution in [-0.2, 0) is 6.54 Å². The Morgan fingerprint density at radius 1 is 1.33 bits per heavy atom. The van der Waals surface area contributed by atoms with Crippen LogP contribution in [0.25, 0.3) is 21.9 Å². The first kappa shape index (κ1) is 12.4. The highest BCUT2D eigenvalue weighted by molar-refractivity contribution is 9.10. The lowest BCUT2D eigenvalue weighted by atomic mass is 10.2. The Labute approximate surface area is 127 Å². The second-order valence-corrected chi connectivity index (χ2v) is 5.71. The number of benzene rings is 1. The van der Waals surface area contributed by atoms with E-state index in [2.05, 4.69) is 25.9 Å². The van der Waals surface area contributed by atoms with E-state index in [1.165, 1.54) is 4.57 Å². The van der Waals surface area contributed by atoms with E-state index in [4.69, 9.17) is 4.42 Å². The Balaban J connectivity index is 1.94. The summed E-state index contributed by atoms with van der Waals surface area (Å²) in [6.45, 7) is 0.369. The van der Waals surface area contributed by atoms with Crippen LogP contribution in [0, 0.1) is 0 Å². The molecule has 0 saturated carbocycles. The third-order valence-corrected chi connectivity index (χ3v) is 3.93. The molecule has 6 heteroatoms. The largest absolute Gasteiger partial charge is 0.467 e. The third kappa shape index (κ3) is 1.99. The van der Waals surface area contributed by atoms with Crippen LogP contribution in [0.5, 0.6) is 0 Å². The van der Waals surface area contributed by atoms with Crippen LogP contribution in [0.3, 0.4) is 0 Å². The van der Waals surface area contributed by atoms with Gasteiger partial charge in [-0.3, -0.25) is 9.36 Å². The summed E-state index contributed by atoms with van der Waals surface area (Å²) < 4.78 is 7.76. The second-order valence-electron chi connectivity index (χ2n) is 4.80. The Morgan fingerprint density at radius 2 is 2.24 bits per heavy atom. The van der Waals surface area contributed by atoms with Crippen LogP contribution in [0.1, 0.15) is 5.76 Å². The van der Waals surface area contributed by atoms with Crippen molar-refractivity contribution in [3.05, 3.63) is 63.5 Å². The van der Waals surface area contributed by atoms with Gasteiger partial charge in [0.1, 0.15) is 16.8 Å². The summed E-state index contributed by atoms with van der Waals surface area (Å²) in [5.41, 5.74) is 1.99. The van der Waals surface area contributed by atoms with Crippen molar-refractivity contribution >= 4 is 37.9 Å². The van der Waals surface area contributed by atoms with Gasteiger partial charge in [-0.25, -0.2) is 4.98 Å². The van der Waals surface area contributed by atoms with Gasteiger partial charge in [0.2, 0.25) is 0 Å². The average Bonchev–Trinajstić information content (AvgIpc) is 3.09. The molecule has 1 aromatic carbocycles. The van der Waals surface area contributed by atoms with Gasteiger partial charge in [-0.05, 0) is 30.3 Å². The highest BCUT2D eigenvalue weighted by atomic mass is 79.9. The first-order chi connectivity index (χ1) is 10.2. The van der Waals surface area contributed by atoms with Gasteiger partial charge in [0.25, 0.3) is 5.56 Å².